The number of nitrogens with one attached hydrogen (secondary N) is 1. The Morgan fingerprint density at radius 2 is 2.19 bits per heavy atom. The zero-order chi connectivity index (χ0) is 11.1. The van der Waals surface area contributed by atoms with Crippen molar-refractivity contribution in [3.05, 3.63) is 40.1 Å². The van der Waals surface area contributed by atoms with Crippen molar-refractivity contribution in [2.45, 2.75) is 25.7 Å². The van der Waals surface area contributed by atoms with Gasteiger partial charge in [0.15, 0.2) is 0 Å². The molecule has 0 aliphatic heterocycles. The van der Waals surface area contributed by atoms with E-state index in [2.05, 4.69) is 51.0 Å². The van der Waals surface area contributed by atoms with Gasteiger partial charge in [0, 0.05) is 27.8 Å². The summed E-state index contributed by atoms with van der Waals surface area (Å²) < 4.78 is 1.09. The van der Waals surface area contributed by atoms with E-state index in [1.807, 2.05) is 6.20 Å². The molecule has 2 nitrogen and oxygen atoms in total. The van der Waals surface area contributed by atoms with Gasteiger partial charge in [-0.2, -0.15) is 0 Å². The highest BCUT2D eigenvalue weighted by Crippen LogP contribution is 2.39. The van der Waals surface area contributed by atoms with Crippen molar-refractivity contribution in [2.75, 3.05) is 0 Å². The molecule has 1 aliphatic rings. The number of imidazole rings is 1. The molecule has 1 saturated carbocycles. The molecule has 1 fully saturated rings. The van der Waals surface area contributed by atoms with Crippen LogP contribution in [-0.2, 0) is 0 Å². The fourth-order valence-electron chi connectivity index (χ4n) is 1.92. The van der Waals surface area contributed by atoms with Crippen molar-refractivity contribution in [1.29, 1.82) is 0 Å². The summed E-state index contributed by atoms with van der Waals surface area (Å²) >= 11 is 3.50. The molecule has 1 aromatic carbocycles. The molecule has 0 amide bonds. The van der Waals surface area contributed by atoms with Crippen LogP contribution in [0.15, 0.2) is 28.9 Å². The first-order valence-electron chi connectivity index (χ1n) is 5.55. The van der Waals surface area contributed by atoms with Crippen LogP contribution in [0.2, 0.25) is 0 Å². The minimum absolute atomic E-state index is 0.730. The number of aromatic nitrogens is 2. The lowest BCUT2D eigenvalue weighted by Crippen LogP contribution is -1.86. The van der Waals surface area contributed by atoms with Gasteiger partial charge in [-0.1, -0.05) is 22.0 Å². The van der Waals surface area contributed by atoms with Crippen molar-refractivity contribution < 1.29 is 0 Å². The normalized spacial score (nSPS) is 15.4. The summed E-state index contributed by atoms with van der Waals surface area (Å²) in [7, 11) is 0. The summed E-state index contributed by atoms with van der Waals surface area (Å²) in [5.74, 6) is 1.72. The average Bonchev–Trinajstić information content (AvgIpc) is 3.01. The van der Waals surface area contributed by atoms with Gasteiger partial charge < -0.3 is 4.98 Å². The molecule has 0 atom stereocenters. The van der Waals surface area contributed by atoms with Gasteiger partial charge in [0.05, 0.1) is 0 Å². The maximum Gasteiger partial charge on any atom is 0.137 e. The van der Waals surface area contributed by atoms with E-state index < -0.39 is 0 Å². The highest BCUT2D eigenvalue weighted by atomic mass is 79.9. The van der Waals surface area contributed by atoms with Gasteiger partial charge in [-0.15, -0.1) is 0 Å². The molecule has 1 aromatic heterocycles. The van der Waals surface area contributed by atoms with E-state index in [1.165, 1.54) is 29.7 Å². The molecule has 3 rings (SSSR count). The van der Waals surface area contributed by atoms with Crippen molar-refractivity contribution >= 4 is 15.9 Å². The third-order valence-electron chi connectivity index (χ3n) is 3.07. The van der Waals surface area contributed by atoms with E-state index in [9.17, 15) is 0 Å². The predicted octanol–water partition coefficient (Wildman–Crippen LogP) is 4.03. The number of benzene rings is 1. The Labute approximate surface area is 103 Å². The first-order valence-corrected chi connectivity index (χ1v) is 6.35. The molecule has 3 heteroatoms. The highest BCUT2D eigenvalue weighted by Gasteiger charge is 2.25. The standard InChI is InChI=1S/C13H13BrN2/c1-8-2-5-10(14)6-11(8)13-15-7-12(16-13)9-3-4-9/h2,5-7,9H,3-4H2,1H3,(H,15,16). The summed E-state index contributed by atoms with van der Waals surface area (Å²) in [4.78, 5) is 7.90. The summed E-state index contributed by atoms with van der Waals surface area (Å²) in [5, 5.41) is 0. The van der Waals surface area contributed by atoms with E-state index in [0.717, 1.165) is 16.2 Å². The molecule has 82 valence electrons. The summed E-state index contributed by atoms with van der Waals surface area (Å²) in [5.41, 5.74) is 3.72. The van der Waals surface area contributed by atoms with Gasteiger partial charge in [0.1, 0.15) is 5.82 Å². The number of aryl methyl sites for hydroxylation is 1. The maximum atomic E-state index is 4.47. The Bertz CT molecular complexity index is 526. The van der Waals surface area contributed by atoms with Crippen LogP contribution in [0, 0.1) is 6.92 Å². The third kappa shape index (κ3) is 1.80. The molecule has 2 aromatic rings. The second-order valence-electron chi connectivity index (χ2n) is 4.42. The summed E-state index contributed by atoms with van der Waals surface area (Å²) in [6.45, 7) is 2.11. The largest absolute Gasteiger partial charge is 0.342 e. The SMILES string of the molecule is Cc1ccc(Br)cc1-c1ncc(C2CC2)[nH]1. The molecule has 1 heterocycles. The second-order valence-corrected chi connectivity index (χ2v) is 5.34. The zero-order valence-corrected chi connectivity index (χ0v) is 10.7. The molecule has 0 bridgehead atoms. The fourth-order valence-corrected chi connectivity index (χ4v) is 2.28. The van der Waals surface area contributed by atoms with Crippen LogP contribution in [0.1, 0.15) is 30.0 Å². The fraction of sp³-hybridized carbons (Fsp3) is 0.308. The lowest BCUT2D eigenvalue weighted by atomic mass is 10.1. The number of halogens is 1. The highest BCUT2D eigenvalue weighted by molar-refractivity contribution is 9.10. The number of nitrogens with zero attached hydrogens (tertiary/aromatic N) is 1. The van der Waals surface area contributed by atoms with Crippen LogP contribution in [0.4, 0.5) is 0 Å². The van der Waals surface area contributed by atoms with Gasteiger partial charge >= 0.3 is 0 Å². The van der Waals surface area contributed by atoms with Crippen LogP contribution in [0.5, 0.6) is 0 Å². The number of hydrogen-bond donors (Lipinski definition) is 1. The second kappa shape index (κ2) is 3.74. The third-order valence-corrected chi connectivity index (χ3v) is 3.56. The molecular weight excluding hydrogens is 264 g/mol. The van der Waals surface area contributed by atoms with Gasteiger partial charge in [0.25, 0.3) is 0 Å². The molecule has 0 radical (unpaired) electrons. The lowest BCUT2D eigenvalue weighted by Gasteiger charge is -2.03. The van der Waals surface area contributed by atoms with Crippen molar-refractivity contribution in [1.82, 2.24) is 9.97 Å². The number of aromatic amines is 1. The smallest absolute Gasteiger partial charge is 0.137 e. The molecular formula is C13H13BrN2. The minimum atomic E-state index is 0.730. The number of hydrogen-bond acceptors (Lipinski definition) is 1. The van der Waals surface area contributed by atoms with Crippen LogP contribution >= 0.6 is 15.9 Å². The molecule has 0 unspecified atom stereocenters. The molecule has 0 saturated heterocycles. The number of H-pyrrole nitrogens is 1. The number of rotatable bonds is 2. The Hall–Kier alpha value is -1.09. The van der Waals surface area contributed by atoms with Crippen LogP contribution in [0.25, 0.3) is 11.4 Å². The van der Waals surface area contributed by atoms with Gasteiger partial charge in [0.2, 0.25) is 0 Å². The molecule has 1 aliphatic carbocycles. The molecule has 0 spiro atoms. The minimum Gasteiger partial charge on any atom is -0.342 e. The predicted molar refractivity (Wildman–Crippen MR) is 68.4 cm³/mol. The Kier molecular flexibility index (Phi) is 2.36. The monoisotopic (exact) mass is 276 g/mol. The zero-order valence-electron chi connectivity index (χ0n) is 9.13. The van der Waals surface area contributed by atoms with Crippen LogP contribution in [-0.4, -0.2) is 9.97 Å². The quantitative estimate of drug-likeness (QED) is 0.882. The van der Waals surface area contributed by atoms with Crippen LogP contribution in [0.3, 0.4) is 0 Å². The first-order chi connectivity index (χ1) is 7.74. The van der Waals surface area contributed by atoms with Crippen molar-refractivity contribution in [3.63, 3.8) is 0 Å². The summed E-state index contributed by atoms with van der Waals surface area (Å²) in [6, 6.07) is 6.28. The maximum absolute atomic E-state index is 4.47. The first kappa shape index (κ1) is 10.1. The van der Waals surface area contributed by atoms with E-state index in [1.54, 1.807) is 0 Å². The lowest BCUT2D eigenvalue weighted by molar-refractivity contribution is 1.05. The average molecular weight is 277 g/mol. The van der Waals surface area contributed by atoms with E-state index in [-0.39, 0.29) is 0 Å². The van der Waals surface area contributed by atoms with E-state index in [0.29, 0.717) is 0 Å². The van der Waals surface area contributed by atoms with Crippen molar-refractivity contribution in [3.8, 4) is 11.4 Å². The van der Waals surface area contributed by atoms with Crippen LogP contribution < -0.4 is 0 Å². The Balaban J connectivity index is 2.03. The van der Waals surface area contributed by atoms with Gasteiger partial charge in [-0.25, -0.2) is 4.98 Å². The Morgan fingerprint density at radius 3 is 2.94 bits per heavy atom. The Morgan fingerprint density at radius 1 is 1.38 bits per heavy atom. The van der Waals surface area contributed by atoms with E-state index >= 15 is 0 Å². The van der Waals surface area contributed by atoms with Gasteiger partial charge in [-0.3, -0.25) is 0 Å². The molecule has 16 heavy (non-hydrogen) atoms. The van der Waals surface area contributed by atoms with E-state index in [4.69, 9.17) is 0 Å². The van der Waals surface area contributed by atoms with Gasteiger partial charge in [-0.05, 0) is 37.5 Å². The van der Waals surface area contributed by atoms with Crippen molar-refractivity contribution in [2.24, 2.45) is 0 Å². The molecule has 1 N–H and O–H groups in total. The summed E-state index contributed by atoms with van der Waals surface area (Å²) in [6.07, 6.45) is 4.59. The topological polar surface area (TPSA) is 28.7 Å².